The van der Waals surface area contributed by atoms with E-state index in [9.17, 15) is 9.59 Å². The highest BCUT2D eigenvalue weighted by molar-refractivity contribution is 5.88. The maximum Gasteiger partial charge on any atom is 0.335 e. The Morgan fingerprint density at radius 1 is 1.37 bits per heavy atom. The van der Waals surface area contributed by atoms with Crippen LogP contribution < -0.4 is 10.1 Å². The van der Waals surface area contributed by atoms with Crippen LogP contribution in [0.5, 0.6) is 5.75 Å². The number of benzene rings is 1. The molecule has 0 saturated heterocycles. The number of ether oxygens (including phenoxy) is 1. The first-order valence-corrected chi connectivity index (χ1v) is 6.13. The fraction of sp³-hybridized carbons (Fsp3) is 0.429. The number of carboxylic acids is 1. The van der Waals surface area contributed by atoms with E-state index in [1.165, 1.54) is 12.1 Å². The second-order valence-electron chi connectivity index (χ2n) is 4.77. The Bertz CT molecular complexity index is 469. The third kappa shape index (κ3) is 4.99. The molecule has 0 atom stereocenters. The molecule has 2 N–H and O–H groups in total. The SMILES string of the molecule is Cc1ccc(C(=O)O)cc1OCC(=O)NCC(C)C. The van der Waals surface area contributed by atoms with Crippen molar-refractivity contribution in [2.75, 3.05) is 13.2 Å². The van der Waals surface area contributed by atoms with Crippen LogP contribution >= 0.6 is 0 Å². The summed E-state index contributed by atoms with van der Waals surface area (Å²) in [4.78, 5) is 22.3. The quantitative estimate of drug-likeness (QED) is 0.823. The normalized spacial score (nSPS) is 10.3. The molecular weight excluding hydrogens is 246 g/mol. The average Bonchev–Trinajstić information content (AvgIpc) is 2.35. The fourth-order valence-corrected chi connectivity index (χ4v) is 1.40. The summed E-state index contributed by atoms with van der Waals surface area (Å²) in [6.45, 7) is 6.28. The van der Waals surface area contributed by atoms with E-state index in [4.69, 9.17) is 9.84 Å². The van der Waals surface area contributed by atoms with E-state index < -0.39 is 5.97 Å². The van der Waals surface area contributed by atoms with E-state index >= 15 is 0 Å². The summed E-state index contributed by atoms with van der Waals surface area (Å²) in [6.07, 6.45) is 0. The molecule has 0 aliphatic rings. The highest BCUT2D eigenvalue weighted by atomic mass is 16.5. The van der Waals surface area contributed by atoms with Gasteiger partial charge in [0.2, 0.25) is 0 Å². The Hall–Kier alpha value is -2.04. The summed E-state index contributed by atoms with van der Waals surface area (Å²) < 4.78 is 5.35. The van der Waals surface area contributed by atoms with E-state index in [1.54, 1.807) is 13.0 Å². The molecule has 1 rings (SSSR count). The minimum absolute atomic E-state index is 0.114. The number of aryl methyl sites for hydroxylation is 1. The van der Waals surface area contributed by atoms with Gasteiger partial charge in [-0.25, -0.2) is 4.79 Å². The van der Waals surface area contributed by atoms with Gasteiger partial charge < -0.3 is 15.2 Å². The van der Waals surface area contributed by atoms with Gasteiger partial charge in [-0.1, -0.05) is 19.9 Å². The van der Waals surface area contributed by atoms with Crippen molar-refractivity contribution >= 4 is 11.9 Å². The number of rotatable bonds is 6. The van der Waals surface area contributed by atoms with Crippen molar-refractivity contribution in [3.63, 3.8) is 0 Å². The van der Waals surface area contributed by atoms with Gasteiger partial charge in [0.1, 0.15) is 5.75 Å². The first kappa shape index (κ1) is 15.0. The van der Waals surface area contributed by atoms with Gasteiger partial charge in [-0.05, 0) is 30.5 Å². The lowest BCUT2D eigenvalue weighted by molar-refractivity contribution is -0.123. The second-order valence-corrected chi connectivity index (χ2v) is 4.77. The molecule has 0 radical (unpaired) electrons. The van der Waals surface area contributed by atoms with E-state index in [0.29, 0.717) is 18.2 Å². The lowest BCUT2D eigenvalue weighted by Crippen LogP contribution is -2.31. The highest BCUT2D eigenvalue weighted by Crippen LogP contribution is 2.19. The molecule has 5 nitrogen and oxygen atoms in total. The minimum atomic E-state index is -1.02. The summed E-state index contributed by atoms with van der Waals surface area (Å²) in [5, 5.41) is 11.6. The van der Waals surface area contributed by atoms with Gasteiger partial charge in [0.05, 0.1) is 5.56 Å². The molecule has 0 saturated carbocycles. The summed E-state index contributed by atoms with van der Waals surface area (Å²) in [6, 6.07) is 4.58. The number of aromatic carboxylic acids is 1. The zero-order valence-corrected chi connectivity index (χ0v) is 11.4. The molecule has 0 fully saturated rings. The molecule has 0 heterocycles. The van der Waals surface area contributed by atoms with Gasteiger partial charge in [0.25, 0.3) is 5.91 Å². The Morgan fingerprint density at radius 2 is 2.05 bits per heavy atom. The topological polar surface area (TPSA) is 75.6 Å². The molecule has 0 spiro atoms. The van der Waals surface area contributed by atoms with Crippen molar-refractivity contribution in [2.24, 2.45) is 5.92 Å². The maximum absolute atomic E-state index is 11.5. The van der Waals surface area contributed by atoms with Gasteiger partial charge in [-0.2, -0.15) is 0 Å². The molecule has 0 bridgehead atoms. The number of hydrogen-bond acceptors (Lipinski definition) is 3. The van der Waals surface area contributed by atoms with Crippen LogP contribution in [0.3, 0.4) is 0 Å². The molecule has 1 aromatic rings. The van der Waals surface area contributed by atoms with Crippen LogP contribution in [0.25, 0.3) is 0 Å². The number of nitrogens with one attached hydrogen (secondary N) is 1. The van der Waals surface area contributed by atoms with Crippen molar-refractivity contribution in [2.45, 2.75) is 20.8 Å². The third-order valence-electron chi connectivity index (χ3n) is 2.50. The monoisotopic (exact) mass is 265 g/mol. The van der Waals surface area contributed by atoms with Crippen LogP contribution in [0.4, 0.5) is 0 Å². The van der Waals surface area contributed by atoms with Crippen molar-refractivity contribution in [3.05, 3.63) is 29.3 Å². The van der Waals surface area contributed by atoms with Crippen molar-refractivity contribution in [1.82, 2.24) is 5.32 Å². The van der Waals surface area contributed by atoms with Crippen LogP contribution in [0.1, 0.15) is 29.8 Å². The van der Waals surface area contributed by atoms with Crippen LogP contribution in [0.2, 0.25) is 0 Å². The number of carbonyl (C=O) groups excluding carboxylic acids is 1. The Kier molecular flexibility index (Phi) is 5.36. The first-order chi connectivity index (χ1) is 8.90. The maximum atomic E-state index is 11.5. The third-order valence-corrected chi connectivity index (χ3v) is 2.50. The lowest BCUT2D eigenvalue weighted by atomic mass is 10.1. The number of amides is 1. The first-order valence-electron chi connectivity index (χ1n) is 6.13. The molecule has 1 amide bonds. The molecular formula is C14H19NO4. The molecule has 0 aliphatic carbocycles. The van der Waals surface area contributed by atoms with Crippen LogP contribution in [-0.4, -0.2) is 30.1 Å². The van der Waals surface area contributed by atoms with Crippen molar-refractivity contribution < 1.29 is 19.4 Å². The zero-order valence-electron chi connectivity index (χ0n) is 11.4. The van der Waals surface area contributed by atoms with E-state index in [0.717, 1.165) is 5.56 Å². The fourth-order valence-electron chi connectivity index (χ4n) is 1.40. The molecule has 19 heavy (non-hydrogen) atoms. The predicted molar refractivity (Wildman–Crippen MR) is 71.5 cm³/mol. The Labute approximate surface area is 112 Å². The molecule has 0 aromatic heterocycles. The molecule has 104 valence electrons. The van der Waals surface area contributed by atoms with E-state index in [1.807, 2.05) is 13.8 Å². The summed E-state index contributed by atoms with van der Waals surface area (Å²) in [5.74, 6) is -0.441. The molecule has 1 aromatic carbocycles. The number of hydrogen-bond donors (Lipinski definition) is 2. The molecule has 0 unspecified atom stereocenters. The molecule has 0 aliphatic heterocycles. The standard InChI is InChI=1S/C14H19NO4/c1-9(2)7-15-13(16)8-19-12-6-11(14(17)18)5-4-10(12)3/h4-6,9H,7-8H2,1-3H3,(H,15,16)(H,17,18). The lowest BCUT2D eigenvalue weighted by Gasteiger charge is -2.11. The zero-order chi connectivity index (χ0) is 14.4. The van der Waals surface area contributed by atoms with Gasteiger partial charge in [-0.3, -0.25) is 4.79 Å². The van der Waals surface area contributed by atoms with Gasteiger partial charge in [0.15, 0.2) is 6.61 Å². The van der Waals surface area contributed by atoms with Crippen LogP contribution in [0, 0.1) is 12.8 Å². The summed E-state index contributed by atoms with van der Waals surface area (Å²) >= 11 is 0. The highest BCUT2D eigenvalue weighted by Gasteiger charge is 2.09. The average molecular weight is 265 g/mol. The predicted octanol–water partition coefficient (Wildman–Crippen LogP) is 1.84. The second kappa shape index (κ2) is 6.78. The van der Waals surface area contributed by atoms with Gasteiger partial charge in [-0.15, -0.1) is 0 Å². The summed E-state index contributed by atoms with van der Waals surface area (Å²) in [5.41, 5.74) is 0.935. The number of carboxylic acid groups (broad SMARTS) is 1. The van der Waals surface area contributed by atoms with Crippen LogP contribution in [0.15, 0.2) is 18.2 Å². The largest absolute Gasteiger partial charge is 0.483 e. The van der Waals surface area contributed by atoms with Crippen molar-refractivity contribution in [1.29, 1.82) is 0 Å². The van der Waals surface area contributed by atoms with Gasteiger partial charge >= 0.3 is 5.97 Å². The van der Waals surface area contributed by atoms with Crippen molar-refractivity contribution in [3.8, 4) is 5.75 Å². The summed E-state index contributed by atoms with van der Waals surface area (Å²) in [7, 11) is 0. The molecule has 5 heteroatoms. The number of carbonyl (C=O) groups is 2. The smallest absolute Gasteiger partial charge is 0.335 e. The van der Waals surface area contributed by atoms with E-state index in [-0.39, 0.29) is 18.1 Å². The Balaban J connectivity index is 2.59. The minimum Gasteiger partial charge on any atom is -0.483 e. The van der Waals surface area contributed by atoms with E-state index in [2.05, 4.69) is 5.32 Å². The Morgan fingerprint density at radius 3 is 2.63 bits per heavy atom. The van der Waals surface area contributed by atoms with Crippen LogP contribution in [-0.2, 0) is 4.79 Å². The van der Waals surface area contributed by atoms with Gasteiger partial charge in [0, 0.05) is 6.54 Å².